The van der Waals surface area contributed by atoms with Crippen LogP contribution in [0.3, 0.4) is 0 Å². The van der Waals surface area contributed by atoms with Gasteiger partial charge in [0.25, 0.3) is 0 Å². The van der Waals surface area contributed by atoms with Crippen LogP contribution in [-0.4, -0.2) is 36.1 Å². The van der Waals surface area contributed by atoms with Gasteiger partial charge in [-0.05, 0) is 19.8 Å². The lowest BCUT2D eigenvalue weighted by atomic mass is 10.1. The van der Waals surface area contributed by atoms with Gasteiger partial charge in [0.1, 0.15) is 0 Å². The van der Waals surface area contributed by atoms with E-state index in [1.165, 1.54) is 6.92 Å². The molecule has 0 aromatic heterocycles. The van der Waals surface area contributed by atoms with E-state index in [0.717, 1.165) is 0 Å². The number of halogens is 6. The minimum atomic E-state index is -4.71. The van der Waals surface area contributed by atoms with Crippen molar-refractivity contribution in [3.63, 3.8) is 0 Å². The van der Waals surface area contributed by atoms with Crippen LogP contribution in [0.25, 0.3) is 0 Å². The molecule has 0 spiro atoms. The van der Waals surface area contributed by atoms with Gasteiger partial charge in [0.2, 0.25) is 0 Å². The third kappa shape index (κ3) is 9.22. The largest absolute Gasteiger partial charge is 0.415 e. The number of hydrogen-bond donors (Lipinski definition) is 2. The smallest absolute Gasteiger partial charge is 0.382 e. The van der Waals surface area contributed by atoms with E-state index in [9.17, 15) is 26.3 Å². The SMILES string of the molecule is CC(CCCC(F)(F)F)NCC(O)C(F)(F)F. The molecule has 0 amide bonds. The Morgan fingerprint density at radius 2 is 1.65 bits per heavy atom. The maximum atomic E-state index is 11.9. The van der Waals surface area contributed by atoms with Gasteiger partial charge in [-0.25, -0.2) is 0 Å². The number of aliphatic hydroxyl groups excluding tert-OH is 1. The fourth-order valence-electron chi connectivity index (χ4n) is 1.14. The molecule has 0 aliphatic heterocycles. The van der Waals surface area contributed by atoms with Gasteiger partial charge in [0.15, 0.2) is 6.10 Å². The Morgan fingerprint density at radius 1 is 1.12 bits per heavy atom. The molecule has 0 aromatic rings. The van der Waals surface area contributed by atoms with E-state index in [0.29, 0.717) is 0 Å². The number of nitrogens with one attached hydrogen (secondary N) is 1. The Kier molecular flexibility index (Phi) is 6.25. The average Bonchev–Trinajstić information content (AvgIpc) is 2.10. The first-order valence-electron chi connectivity index (χ1n) is 5.07. The Labute approximate surface area is 95.0 Å². The predicted octanol–water partition coefficient (Wildman–Crippen LogP) is 2.62. The first-order chi connectivity index (χ1) is 7.52. The molecular formula is C9H15F6NO. The van der Waals surface area contributed by atoms with Crippen molar-refractivity contribution >= 4 is 0 Å². The van der Waals surface area contributed by atoms with Crippen molar-refractivity contribution in [2.45, 2.75) is 50.7 Å². The van der Waals surface area contributed by atoms with Gasteiger partial charge in [0, 0.05) is 19.0 Å². The summed E-state index contributed by atoms with van der Waals surface area (Å²) in [5.41, 5.74) is 0. The molecule has 0 aromatic carbocycles. The Morgan fingerprint density at radius 3 is 2.06 bits per heavy atom. The molecule has 0 aliphatic carbocycles. The van der Waals surface area contributed by atoms with Crippen LogP contribution in [0.1, 0.15) is 26.2 Å². The summed E-state index contributed by atoms with van der Waals surface area (Å²) in [5, 5.41) is 11.0. The second-order valence-electron chi connectivity index (χ2n) is 3.87. The maximum absolute atomic E-state index is 11.9. The molecule has 0 radical (unpaired) electrons. The molecule has 17 heavy (non-hydrogen) atoms. The molecule has 0 bridgehead atoms. The van der Waals surface area contributed by atoms with Gasteiger partial charge >= 0.3 is 12.4 Å². The molecule has 2 unspecified atom stereocenters. The highest BCUT2D eigenvalue weighted by molar-refractivity contribution is 4.71. The summed E-state index contributed by atoms with van der Waals surface area (Å²) in [4.78, 5) is 0. The number of aliphatic hydroxyl groups is 1. The standard InChI is InChI=1S/C9H15F6NO/c1-6(3-2-4-8(10,11)12)16-5-7(17)9(13,14)15/h6-7,16-17H,2-5H2,1H3. The summed E-state index contributed by atoms with van der Waals surface area (Å²) in [6.45, 7) is 0.760. The van der Waals surface area contributed by atoms with Gasteiger partial charge in [-0.3, -0.25) is 0 Å². The lowest BCUT2D eigenvalue weighted by molar-refractivity contribution is -0.202. The second kappa shape index (κ2) is 6.44. The number of hydrogen-bond acceptors (Lipinski definition) is 2. The summed E-state index contributed by atoms with van der Waals surface area (Å²) in [6, 6.07) is -0.505. The van der Waals surface area contributed by atoms with Crippen LogP contribution < -0.4 is 5.32 Å². The van der Waals surface area contributed by atoms with Crippen molar-refractivity contribution in [2.24, 2.45) is 0 Å². The number of rotatable bonds is 6. The van der Waals surface area contributed by atoms with Crippen LogP contribution in [0.15, 0.2) is 0 Å². The molecule has 2 N–H and O–H groups in total. The fourth-order valence-corrected chi connectivity index (χ4v) is 1.14. The van der Waals surface area contributed by atoms with Crippen LogP contribution in [-0.2, 0) is 0 Å². The van der Waals surface area contributed by atoms with Gasteiger partial charge in [0.05, 0.1) is 0 Å². The monoisotopic (exact) mass is 267 g/mol. The van der Waals surface area contributed by atoms with E-state index < -0.39 is 37.5 Å². The van der Waals surface area contributed by atoms with Gasteiger partial charge < -0.3 is 10.4 Å². The van der Waals surface area contributed by atoms with Crippen molar-refractivity contribution in [2.75, 3.05) is 6.54 Å². The minimum absolute atomic E-state index is 0.101. The molecule has 8 heteroatoms. The summed E-state index contributed by atoms with van der Waals surface area (Å²) in [5.74, 6) is 0. The fraction of sp³-hybridized carbons (Fsp3) is 1.00. The van der Waals surface area contributed by atoms with E-state index in [4.69, 9.17) is 5.11 Å². The Hall–Kier alpha value is -0.500. The third-order valence-corrected chi connectivity index (χ3v) is 2.13. The van der Waals surface area contributed by atoms with E-state index in [1.54, 1.807) is 0 Å². The average molecular weight is 267 g/mol. The van der Waals surface area contributed by atoms with Crippen LogP contribution in [0.5, 0.6) is 0 Å². The quantitative estimate of drug-likeness (QED) is 0.725. The predicted molar refractivity (Wildman–Crippen MR) is 49.4 cm³/mol. The Bertz CT molecular complexity index is 215. The zero-order chi connectivity index (χ0) is 13.7. The first-order valence-corrected chi connectivity index (χ1v) is 5.07. The van der Waals surface area contributed by atoms with Crippen molar-refractivity contribution in [1.29, 1.82) is 0 Å². The zero-order valence-electron chi connectivity index (χ0n) is 9.20. The lowest BCUT2D eigenvalue weighted by Crippen LogP contribution is -2.41. The summed E-state index contributed by atoms with van der Waals surface area (Å²) < 4.78 is 70.9. The van der Waals surface area contributed by atoms with E-state index in [-0.39, 0.29) is 12.8 Å². The topological polar surface area (TPSA) is 32.3 Å². The second-order valence-corrected chi connectivity index (χ2v) is 3.87. The number of alkyl halides is 6. The van der Waals surface area contributed by atoms with Crippen molar-refractivity contribution < 1.29 is 31.4 Å². The highest BCUT2D eigenvalue weighted by atomic mass is 19.4. The molecule has 0 fully saturated rings. The molecule has 2 atom stereocenters. The highest BCUT2D eigenvalue weighted by Gasteiger charge is 2.37. The zero-order valence-corrected chi connectivity index (χ0v) is 9.20. The summed E-state index contributed by atoms with van der Waals surface area (Å²) >= 11 is 0. The summed E-state index contributed by atoms with van der Waals surface area (Å²) in [7, 11) is 0. The summed E-state index contributed by atoms with van der Waals surface area (Å²) in [6.07, 6.45) is -12.5. The van der Waals surface area contributed by atoms with Gasteiger partial charge in [-0.2, -0.15) is 26.3 Å². The molecule has 0 saturated carbocycles. The molecule has 2 nitrogen and oxygen atoms in total. The molecule has 0 rings (SSSR count). The van der Waals surface area contributed by atoms with Crippen LogP contribution >= 0.6 is 0 Å². The van der Waals surface area contributed by atoms with Gasteiger partial charge in [-0.15, -0.1) is 0 Å². The normalized spacial score (nSPS) is 16.9. The van der Waals surface area contributed by atoms with Crippen molar-refractivity contribution in [3.05, 3.63) is 0 Å². The van der Waals surface area contributed by atoms with Crippen LogP contribution in [0, 0.1) is 0 Å². The Balaban J connectivity index is 3.70. The molecule has 104 valence electrons. The molecular weight excluding hydrogens is 252 g/mol. The minimum Gasteiger partial charge on any atom is -0.382 e. The van der Waals surface area contributed by atoms with Crippen molar-refractivity contribution in [1.82, 2.24) is 5.32 Å². The van der Waals surface area contributed by atoms with Crippen LogP contribution in [0.4, 0.5) is 26.3 Å². The van der Waals surface area contributed by atoms with E-state index >= 15 is 0 Å². The third-order valence-electron chi connectivity index (χ3n) is 2.13. The lowest BCUT2D eigenvalue weighted by Gasteiger charge is -2.19. The highest BCUT2D eigenvalue weighted by Crippen LogP contribution is 2.23. The van der Waals surface area contributed by atoms with Crippen molar-refractivity contribution in [3.8, 4) is 0 Å². The van der Waals surface area contributed by atoms with E-state index in [2.05, 4.69) is 5.32 Å². The van der Waals surface area contributed by atoms with Gasteiger partial charge in [-0.1, -0.05) is 0 Å². The maximum Gasteiger partial charge on any atom is 0.415 e. The van der Waals surface area contributed by atoms with Crippen LogP contribution in [0.2, 0.25) is 0 Å². The first kappa shape index (κ1) is 16.5. The molecule has 0 saturated heterocycles. The molecule has 0 heterocycles. The van der Waals surface area contributed by atoms with E-state index in [1.807, 2.05) is 0 Å². The molecule has 0 aliphatic rings.